The van der Waals surface area contributed by atoms with Gasteiger partial charge in [-0.2, -0.15) is 11.8 Å². The van der Waals surface area contributed by atoms with Crippen molar-refractivity contribution < 1.29 is 28.2 Å². The van der Waals surface area contributed by atoms with Gasteiger partial charge in [0.15, 0.2) is 0 Å². The molecule has 2 N–H and O–H groups in total. The minimum absolute atomic E-state index is 0.0563. The van der Waals surface area contributed by atoms with E-state index in [9.17, 15) is 14.7 Å². The van der Waals surface area contributed by atoms with Crippen molar-refractivity contribution in [1.82, 2.24) is 5.32 Å². The largest absolute Gasteiger partial charge is 0.480 e. The third-order valence-corrected chi connectivity index (χ3v) is 8.52. The molecule has 0 bridgehead atoms. The van der Waals surface area contributed by atoms with Crippen molar-refractivity contribution in [1.29, 1.82) is 0 Å². The maximum Gasteiger partial charge on any atom is 0.408 e. The average Bonchev–Trinajstić information content (AvgIpc) is 3.34. The molecule has 0 saturated carbocycles. The molecule has 0 radical (unpaired) electrons. The second kappa shape index (κ2) is 12.6. The van der Waals surface area contributed by atoms with Crippen LogP contribution < -0.4 is 5.32 Å². The van der Waals surface area contributed by atoms with Crippen molar-refractivity contribution in [3.05, 3.63) is 95.8 Å². The van der Waals surface area contributed by atoms with Crippen LogP contribution in [0, 0.1) is 5.82 Å². The van der Waals surface area contributed by atoms with Gasteiger partial charge in [-0.05, 0) is 72.2 Å². The smallest absolute Gasteiger partial charge is 0.408 e. The first-order valence-electron chi connectivity index (χ1n) is 14.9. The van der Waals surface area contributed by atoms with Crippen molar-refractivity contribution in [2.24, 2.45) is 0 Å². The fourth-order valence-corrected chi connectivity index (χ4v) is 6.35. The van der Waals surface area contributed by atoms with E-state index in [2.05, 4.69) is 56.4 Å². The minimum atomic E-state index is -1.18. The Bertz CT molecular complexity index is 1880. The lowest BCUT2D eigenvalue weighted by atomic mass is 9.80. The molecule has 1 atom stereocenters. The van der Waals surface area contributed by atoms with Gasteiger partial charge in [-0.15, -0.1) is 0 Å². The standard InChI is InChI=1S/C37H38FNO5S/c1-36(2,3)29-17-16-22(18-28(29)27-12-9-11-26-25-10-7-8-13-32(25)43-33(26)27)23-14-15-24(30(38)19-23)20-45-21-31(34(40)41)39-35(42)44-37(4,5)6/h7-19,31H,20-21H2,1-6H3,(H,39,42)(H,40,41). The van der Waals surface area contributed by atoms with Crippen LogP contribution in [0.4, 0.5) is 9.18 Å². The zero-order valence-corrected chi connectivity index (χ0v) is 27.2. The van der Waals surface area contributed by atoms with E-state index in [1.54, 1.807) is 26.8 Å². The summed E-state index contributed by atoms with van der Waals surface area (Å²) in [6, 6.07) is 24.4. The first kappa shape index (κ1) is 32.1. The Balaban J connectivity index is 1.40. The number of hydrogen-bond donors (Lipinski definition) is 2. The number of aliphatic carboxylic acids is 1. The number of nitrogens with one attached hydrogen (secondary N) is 1. The molecule has 234 valence electrons. The second-order valence-corrected chi connectivity index (χ2v) is 14.2. The number of furan rings is 1. The minimum Gasteiger partial charge on any atom is -0.480 e. The average molecular weight is 628 g/mol. The number of fused-ring (bicyclic) bond motifs is 3. The topological polar surface area (TPSA) is 88.8 Å². The van der Waals surface area contributed by atoms with Gasteiger partial charge in [-0.25, -0.2) is 14.0 Å². The lowest BCUT2D eigenvalue weighted by molar-refractivity contribution is -0.138. The van der Waals surface area contributed by atoms with Gasteiger partial charge >= 0.3 is 12.1 Å². The quantitative estimate of drug-likeness (QED) is 0.178. The summed E-state index contributed by atoms with van der Waals surface area (Å²) in [6.45, 7) is 11.6. The van der Waals surface area contributed by atoms with Crippen molar-refractivity contribution in [2.45, 2.75) is 64.4 Å². The number of para-hydroxylation sites is 2. The summed E-state index contributed by atoms with van der Waals surface area (Å²) in [7, 11) is 0. The van der Waals surface area contributed by atoms with Gasteiger partial charge in [0.05, 0.1) is 0 Å². The highest BCUT2D eigenvalue weighted by atomic mass is 32.2. The number of amides is 1. The summed E-state index contributed by atoms with van der Waals surface area (Å²) in [5.74, 6) is -1.26. The molecule has 0 aliphatic rings. The molecule has 1 heterocycles. The summed E-state index contributed by atoms with van der Waals surface area (Å²) in [6.07, 6.45) is -0.806. The number of thioether (sulfide) groups is 1. The number of rotatable bonds is 8. The van der Waals surface area contributed by atoms with E-state index in [1.807, 2.05) is 36.4 Å². The first-order valence-corrected chi connectivity index (χ1v) is 16.0. The Labute approximate surface area is 267 Å². The molecule has 0 spiro atoms. The molecule has 5 rings (SSSR count). The maximum absolute atomic E-state index is 15.4. The van der Waals surface area contributed by atoms with Crippen LogP contribution >= 0.6 is 11.8 Å². The van der Waals surface area contributed by atoms with Crippen molar-refractivity contribution in [2.75, 3.05) is 5.75 Å². The number of hydrogen-bond acceptors (Lipinski definition) is 5. The van der Waals surface area contributed by atoms with Gasteiger partial charge in [0.25, 0.3) is 0 Å². The fraction of sp³-hybridized carbons (Fsp3) is 0.297. The molecule has 1 aromatic heterocycles. The number of carbonyl (C=O) groups excluding carboxylic acids is 1. The number of carboxylic acids is 1. The first-order chi connectivity index (χ1) is 21.2. The van der Waals surface area contributed by atoms with Crippen LogP contribution in [0.15, 0.2) is 83.3 Å². The molecule has 6 nitrogen and oxygen atoms in total. The molecule has 1 amide bonds. The van der Waals surface area contributed by atoms with Crippen LogP contribution in [-0.2, 0) is 20.7 Å². The fourth-order valence-electron chi connectivity index (χ4n) is 5.32. The summed E-state index contributed by atoms with van der Waals surface area (Å²) in [5, 5.41) is 14.0. The van der Waals surface area contributed by atoms with Gasteiger partial charge in [0.1, 0.15) is 28.6 Å². The van der Waals surface area contributed by atoms with Crippen LogP contribution in [0.3, 0.4) is 0 Å². The van der Waals surface area contributed by atoms with Crippen LogP contribution in [0.25, 0.3) is 44.2 Å². The van der Waals surface area contributed by atoms with E-state index < -0.39 is 23.7 Å². The Morgan fingerprint density at radius 1 is 0.889 bits per heavy atom. The maximum atomic E-state index is 15.4. The number of halogens is 1. The zero-order valence-electron chi connectivity index (χ0n) is 26.4. The van der Waals surface area contributed by atoms with Crippen LogP contribution in [-0.4, -0.2) is 34.6 Å². The highest BCUT2D eigenvalue weighted by Gasteiger charge is 2.25. The molecule has 1 unspecified atom stereocenters. The van der Waals surface area contributed by atoms with Crippen LogP contribution in [0.2, 0.25) is 0 Å². The monoisotopic (exact) mass is 627 g/mol. The molecule has 0 saturated heterocycles. The van der Waals surface area contributed by atoms with Crippen LogP contribution in [0.1, 0.15) is 52.7 Å². The molecule has 0 fully saturated rings. The van der Waals surface area contributed by atoms with E-state index in [-0.39, 0.29) is 22.7 Å². The molecular weight excluding hydrogens is 589 g/mol. The number of benzene rings is 4. The number of carbonyl (C=O) groups is 2. The molecule has 8 heteroatoms. The predicted octanol–water partition coefficient (Wildman–Crippen LogP) is 9.57. The summed E-state index contributed by atoms with van der Waals surface area (Å²) in [5.41, 5.74) is 5.97. The lowest BCUT2D eigenvalue weighted by Crippen LogP contribution is -2.44. The molecule has 45 heavy (non-hydrogen) atoms. The predicted molar refractivity (Wildman–Crippen MR) is 180 cm³/mol. The van der Waals surface area contributed by atoms with E-state index >= 15 is 4.39 Å². The Kier molecular flexibility index (Phi) is 8.99. The highest BCUT2D eigenvalue weighted by Crippen LogP contribution is 2.41. The molecule has 5 aromatic rings. The molecule has 0 aliphatic heterocycles. The Morgan fingerprint density at radius 2 is 1.58 bits per heavy atom. The Hall–Kier alpha value is -4.30. The Morgan fingerprint density at radius 3 is 2.27 bits per heavy atom. The summed E-state index contributed by atoms with van der Waals surface area (Å²) in [4.78, 5) is 23.7. The highest BCUT2D eigenvalue weighted by molar-refractivity contribution is 7.98. The van der Waals surface area contributed by atoms with E-state index in [1.165, 1.54) is 17.8 Å². The third-order valence-electron chi connectivity index (χ3n) is 7.44. The van der Waals surface area contributed by atoms with Gasteiger partial charge in [-0.3, -0.25) is 0 Å². The zero-order chi connectivity index (χ0) is 32.5. The normalized spacial score (nSPS) is 12.8. The summed E-state index contributed by atoms with van der Waals surface area (Å²) < 4.78 is 26.9. The van der Waals surface area contributed by atoms with E-state index in [4.69, 9.17) is 9.15 Å². The number of ether oxygens (including phenoxy) is 1. The summed E-state index contributed by atoms with van der Waals surface area (Å²) >= 11 is 1.22. The van der Waals surface area contributed by atoms with Gasteiger partial charge < -0.3 is 19.6 Å². The van der Waals surface area contributed by atoms with Crippen molar-refractivity contribution in [3.63, 3.8) is 0 Å². The van der Waals surface area contributed by atoms with Gasteiger partial charge in [0, 0.05) is 27.8 Å². The third kappa shape index (κ3) is 7.34. The van der Waals surface area contributed by atoms with Gasteiger partial charge in [-0.1, -0.05) is 81.4 Å². The SMILES string of the molecule is CC(C)(C)OC(=O)NC(CSCc1ccc(-c2ccc(C(C)(C)C)c(-c3cccc4c3oc3ccccc34)c2)cc1F)C(=O)O. The number of alkyl carbamates (subject to hydrolysis) is 1. The molecule has 0 aliphatic carbocycles. The van der Waals surface area contributed by atoms with Crippen molar-refractivity contribution >= 4 is 45.8 Å². The number of carboxylic acid groups (broad SMARTS) is 1. The van der Waals surface area contributed by atoms with Crippen LogP contribution in [0.5, 0.6) is 0 Å². The second-order valence-electron chi connectivity index (χ2n) is 13.1. The molecule has 4 aromatic carbocycles. The molecular formula is C37H38FNO5S. The van der Waals surface area contributed by atoms with Crippen molar-refractivity contribution in [3.8, 4) is 22.3 Å². The van der Waals surface area contributed by atoms with E-state index in [0.29, 0.717) is 5.56 Å². The van der Waals surface area contributed by atoms with Gasteiger partial charge in [0.2, 0.25) is 0 Å². The lowest BCUT2D eigenvalue weighted by Gasteiger charge is -2.24. The van der Waals surface area contributed by atoms with E-state index in [0.717, 1.165) is 49.8 Å².